The zero-order chi connectivity index (χ0) is 12.5. The molecular formula is C13H10ClN3S. The van der Waals surface area contributed by atoms with Crippen LogP contribution in [0.3, 0.4) is 0 Å². The second-order valence-corrected chi connectivity index (χ2v) is 5.02. The third-order valence-corrected chi connectivity index (χ3v) is 3.47. The molecular weight excluding hydrogens is 266 g/mol. The summed E-state index contributed by atoms with van der Waals surface area (Å²) in [4.78, 5) is 4.25. The zero-order valence-electron chi connectivity index (χ0n) is 9.67. The Balaban J connectivity index is 2.22. The summed E-state index contributed by atoms with van der Waals surface area (Å²) < 4.78 is 1.89. The van der Waals surface area contributed by atoms with Gasteiger partial charge in [-0.05, 0) is 30.5 Å². The van der Waals surface area contributed by atoms with Crippen molar-refractivity contribution in [3.8, 4) is 11.3 Å². The van der Waals surface area contributed by atoms with Crippen LogP contribution >= 0.6 is 23.4 Å². The topological polar surface area (TPSA) is 30.2 Å². The van der Waals surface area contributed by atoms with Gasteiger partial charge in [0.05, 0.1) is 17.4 Å². The first-order valence-electron chi connectivity index (χ1n) is 5.42. The Morgan fingerprint density at radius 1 is 1.22 bits per heavy atom. The van der Waals surface area contributed by atoms with E-state index in [9.17, 15) is 0 Å². The standard InChI is InChI=1S/C13H10ClN3S/c1-18-13-15-8-11-5-6-12(17(11)16-13)9-3-2-4-10(14)7-9/h2-8H,1H3. The molecule has 3 nitrogen and oxygen atoms in total. The molecule has 3 aromatic rings. The van der Waals surface area contributed by atoms with Gasteiger partial charge in [-0.3, -0.25) is 0 Å². The first-order valence-corrected chi connectivity index (χ1v) is 7.03. The summed E-state index contributed by atoms with van der Waals surface area (Å²) in [5.41, 5.74) is 3.04. The molecule has 1 aromatic carbocycles. The third-order valence-electron chi connectivity index (χ3n) is 2.68. The van der Waals surface area contributed by atoms with Crippen LogP contribution in [-0.2, 0) is 0 Å². The molecule has 0 aliphatic heterocycles. The summed E-state index contributed by atoms with van der Waals surface area (Å²) >= 11 is 7.55. The van der Waals surface area contributed by atoms with Crippen LogP contribution in [0.5, 0.6) is 0 Å². The van der Waals surface area contributed by atoms with Crippen LogP contribution in [-0.4, -0.2) is 20.9 Å². The van der Waals surface area contributed by atoms with Crippen LogP contribution in [0.25, 0.3) is 16.8 Å². The van der Waals surface area contributed by atoms with Crippen molar-refractivity contribution in [1.29, 1.82) is 0 Å². The second kappa shape index (κ2) is 4.63. The quantitative estimate of drug-likeness (QED) is 0.667. The predicted octanol–water partition coefficient (Wildman–Crippen LogP) is 3.77. The maximum absolute atomic E-state index is 6.03. The van der Waals surface area contributed by atoms with Crippen LogP contribution in [0, 0.1) is 0 Å². The lowest BCUT2D eigenvalue weighted by Crippen LogP contribution is -1.97. The van der Waals surface area contributed by atoms with Crippen LogP contribution < -0.4 is 0 Å². The highest BCUT2D eigenvalue weighted by Gasteiger charge is 2.07. The average molecular weight is 276 g/mol. The number of hydrogen-bond acceptors (Lipinski definition) is 3. The van der Waals surface area contributed by atoms with E-state index in [1.54, 1.807) is 0 Å². The number of thioether (sulfide) groups is 1. The number of aromatic nitrogens is 3. The zero-order valence-corrected chi connectivity index (χ0v) is 11.2. The van der Waals surface area contributed by atoms with Crippen molar-refractivity contribution in [3.63, 3.8) is 0 Å². The fraction of sp³-hybridized carbons (Fsp3) is 0.0769. The fourth-order valence-electron chi connectivity index (χ4n) is 1.85. The van der Waals surface area contributed by atoms with Crippen molar-refractivity contribution in [2.45, 2.75) is 5.16 Å². The lowest BCUT2D eigenvalue weighted by molar-refractivity contribution is 0.804. The van der Waals surface area contributed by atoms with Gasteiger partial charge in [-0.25, -0.2) is 9.50 Å². The molecule has 0 saturated heterocycles. The molecule has 0 aliphatic rings. The predicted molar refractivity (Wildman–Crippen MR) is 75.2 cm³/mol. The highest BCUT2D eigenvalue weighted by Crippen LogP contribution is 2.24. The Kier molecular flexibility index (Phi) is 2.97. The van der Waals surface area contributed by atoms with E-state index in [4.69, 9.17) is 11.6 Å². The van der Waals surface area contributed by atoms with Gasteiger partial charge >= 0.3 is 0 Å². The highest BCUT2D eigenvalue weighted by molar-refractivity contribution is 7.98. The molecule has 0 saturated carbocycles. The van der Waals surface area contributed by atoms with Gasteiger partial charge in [0, 0.05) is 10.6 Å². The Hall–Kier alpha value is -1.52. The van der Waals surface area contributed by atoms with Crippen molar-refractivity contribution in [2.24, 2.45) is 0 Å². The molecule has 90 valence electrons. The summed E-state index contributed by atoms with van der Waals surface area (Å²) in [7, 11) is 0. The highest BCUT2D eigenvalue weighted by atomic mass is 35.5. The van der Waals surface area contributed by atoms with E-state index < -0.39 is 0 Å². The lowest BCUT2D eigenvalue weighted by atomic mass is 10.2. The van der Waals surface area contributed by atoms with Crippen molar-refractivity contribution >= 4 is 28.9 Å². The summed E-state index contributed by atoms with van der Waals surface area (Å²) in [5, 5.41) is 5.96. The van der Waals surface area contributed by atoms with Crippen molar-refractivity contribution in [3.05, 3.63) is 47.6 Å². The maximum atomic E-state index is 6.03. The molecule has 18 heavy (non-hydrogen) atoms. The van der Waals surface area contributed by atoms with E-state index in [-0.39, 0.29) is 0 Å². The van der Waals surface area contributed by atoms with Crippen molar-refractivity contribution in [2.75, 3.05) is 6.26 Å². The number of halogens is 1. The Morgan fingerprint density at radius 3 is 2.89 bits per heavy atom. The van der Waals surface area contributed by atoms with Crippen molar-refractivity contribution < 1.29 is 0 Å². The lowest BCUT2D eigenvalue weighted by Gasteiger charge is -2.03. The molecule has 0 fully saturated rings. The summed E-state index contributed by atoms with van der Waals surface area (Å²) in [6.45, 7) is 0. The minimum absolute atomic E-state index is 0.724. The minimum Gasteiger partial charge on any atom is -0.229 e. The van der Waals surface area contributed by atoms with Crippen LogP contribution in [0.2, 0.25) is 5.02 Å². The number of fused-ring (bicyclic) bond motifs is 1. The molecule has 2 aromatic heterocycles. The monoisotopic (exact) mass is 275 g/mol. The maximum Gasteiger partial charge on any atom is 0.207 e. The minimum atomic E-state index is 0.724. The van der Waals surface area contributed by atoms with E-state index in [0.717, 1.165) is 27.0 Å². The number of rotatable bonds is 2. The molecule has 0 N–H and O–H groups in total. The molecule has 5 heteroatoms. The van der Waals surface area contributed by atoms with Gasteiger partial charge in [-0.15, -0.1) is 5.10 Å². The number of benzene rings is 1. The van der Waals surface area contributed by atoms with Gasteiger partial charge in [0.25, 0.3) is 0 Å². The van der Waals surface area contributed by atoms with Gasteiger partial charge in [0.15, 0.2) is 0 Å². The first kappa shape index (κ1) is 11.6. The molecule has 3 rings (SSSR count). The second-order valence-electron chi connectivity index (χ2n) is 3.81. The van der Waals surface area contributed by atoms with Gasteiger partial charge in [0.1, 0.15) is 0 Å². The smallest absolute Gasteiger partial charge is 0.207 e. The van der Waals surface area contributed by atoms with Crippen molar-refractivity contribution in [1.82, 2.24) is 14.6 Å². The van der Waals surface area contributed by atoms with Crippen LogP contribution in [0.1, 0.15) is 0 Å². The molecule has 0 unspecified atom stereocenters. The summed E-state index contributed by atoms with van der Waals surface area (Å²) in [6.07, 6.45) is 3.79. The van der Waals surface area contributed by atoms with Gasteiger partial charge < -0.3 is 0 Å². The molecule has 0 spiro atoms. The fourth-order valence-corrected chi connectivity index (χ4v) is 2.36. The first-order chi connectivity index (χ1) is 8.78. The van der Waals surface area contributed by atoms with Gasteiger partial charge in [-0.1, -0.05) is 35.5 Å². The normalized spacial score (nSPS) is 11.0. The van der Waals surface area contributed by atoms with Gasteiger partial charge in [0.2, 0.25) is 5.16 Å². The Morgan fingerprint density at radius 2 is 2.11 bits per heavy atom. The average Bonchev–Trinajstić information content (AvgIpc) is 2.81. The van der Waals surface area contributed by atoms with E-state index in [1.165, 1.54) is 11.8 Å². The van der Waals surface area contributed by atoms with E-state index >= 15 is 0 Å². The molecule has 0 bridgehead atoms. The largest absolute Gasteiger partial charge is 0.229 e. The molecule has 0 amide bonds. The SMILES string of the molecule is CSc1ncc2ccc(-c3cccc(Cl)c3)n2n1. The Labute approximate surface area is 114 Å². The molecule has 2 heterocycles. The summed E-state index contributed by atoms with van der Waals surface area (Å²) in [6, 6.07) is 11.8. The van der Waals surface area contributed by atoms with Crippen LogP contribution in [0.15, 0.2) is 47.8 Å². The van der Waals surface area contributed by atoms with E-state index in [1.807, 2.05) is 53.4 Å². The molecule has 0 aliphatic carbocycles. The van der Waals surface area contributed by atoms with Crippen LogP contribution in [0.4, 0.5) is 0 Å². The van der Waals surface area contributed by atoms with E-state index in [0.29, 0.717) is 0 Å². The number of nitrogens with zero attached hydrogens (tertiary/aromatic N) is 3. The van der Waals surface area contributed by atoms with E-state index in [2.05, 4.69) is 10.1 Å². The van der Waals surface area contributed by atoms with Gasteiger partial charge in [-0.2, -0.15) is 0 Å². The molecule has 0 atom stereocenters. The number of hydrogen-bond donors (Lipinski definition) is 0. The Bertz CT molecular complexity index is 708. The summed E-state index contributed by atoms with van der Waals surface area (Å²) in [5.74, 6) is 0. The molecule has 0 radical (unpaired) electrons. The third kappa shape index (κ3) is 1.98.